The molecule has 0 radical (unpaired) electrons. The number of hydrogen-bond donors (Lipinski definition) is 0. The summed E-state index contributed by atoms with van der Waals surface area (Å²) in [5.74, 6) is 0.810. The number of rotatable bonds is 15. The fourth-order valence-corrected chi connectivity index (χ4v) is 7.80. The summed E-state index contributed by atoms with van der Waals surface area (Å²) >= 11 is 0. The van der Waals surface area contributed by atoms with E-state index in [9.17, 15) is 0 Å². The molecule has 2 fully saturated rings. The molecule has 276 valence electrons. The molecule has 2 aliphatic rings. The third-order valence-corrected chi connectivity index (χ3v) is 12.0. The first-order valence-corrected chi connectivity index (χ1v) is 20.3. The summed E-state index contributed by atoms with van der Waals surface area (Å²) in [7, 11) is -0.577. The molecule has 5 nitrogen and oxygen atoms in total. The second-order valence-corrected chi connectivity index (χ2v) is 17.0. The summed E-state index contributed by atoms with van der Waals surface area (Å²) in [6, 6.07) is 19.0. The van der Waals surface area contributed by atoms with Crippen LogP contribution in [-0.4, -0.2) is 35.8 Å². The molecule has 0 bridgehead atoms. The lowest BCUT2D eigenvalue weighted by Gasteiger charge is -2.32. The number of benzene rings is 3. The maximum atomic E-state index is 7.14. The normalized spacial score (nSPS) is 19.0. The maximum Gasteiger partial charge on any atom is 0.498 e. The molecule has 1 atom stereocenters. The van der Waals surface area contributed by atoms with Crippen molar-refractivity contribution in [2.75, 3.05) is 6.61 Å². The number of fused-ring (bicyclic) bond motifs is 3. The lowest BCUT2D eigenvalue weighted by molar-refractivity contribution is -0.105. The minimum atomic E-state index is -0.577. The Hall–Kier alpha value is -2.80. The Bertz CT molecular complexity index is 1720. The first-order chi connectivity index (χ1) is 24.4. The van der Waals surface area contributed by atoms with Gasteiger partial charge in [0.1, 0.15) is 5.75 Å². The van der Waals surface area contributed by atoms with Crippen molar-refractivity contribution in [2.45, 2.75) is 169 Å². The molecular formula is C45H64BNO4. The zero-order valence-electron chi connectivity index (χ0n) is 33.3. The van der Waals surface area contributed by atoms with E-state index in [4.69, 9.17) is 18.8 Å². The van der Waals surface area contributed by atoms with E-state index in [0.29, 0.717) is 6.61 Å². The van der Waals surface area contributed by atoms with E-state index in [2.05, 4.69) is 115 Å². The molecule has 2 aliphatic heterocycles. The Balaban J connectivity index is 1.67. The van der Waals surface area contributed by atoms with Crippen molar-refractivity contribution < 1.29 is 18.8 Å². The first-order valence-electron chi connectivity index (χ1n) is 20.3. The number of nitrogens with zero attached hydrogens (tertiary/aromatic N) is 1. The minimum Gasteiger partial charge on any atom is -0.463 e. The maximum absolute atomic E-state index is 7.14. The highest BCUT2D eigenvalue weighted by atomic mass is 16.7. The molecule has 2 saturated heterocycles. The van der Waals surface area contributed by atoms with Crippen LogP contribution in [0.3, 0.4) is 0 Å². The van der Waals surface area contributed by atoms with Crippen molar-refractivity contribution in [1.29, 1.82) is 0 Å². The van der Waals surface area contributed by atoms with Gasteiger partial charge < -0.3 is 23.3 Å². The molecule has 0 spiro atoms. The molecule has 0 amide bonds. The van der Waals surface area contributed by atoms with Crippen molar-refractivity contribution in [1.82, 2.24) is 4.57 Å². The van der Waals surface area contributed by atoms with Gasteiger partial charge in [-0.25, -0.2) is 0 Å². The monoisotopic (exact) mass is 693 g/mol. The number of aromatic nitrogens is 1. The van der Waals surface area contributed by atoms with Crippen LogP contribution in [0.4, 0.5) is 0 Å². The minimum absolute atomic E-state index is 0.0699. The summed E-state index contributed by atoms with van der Waals surface area (Å²) in [6.45, 7) is 20.9. The van der Waals surface area contributed by atoms with Gasteiger partial charge in [0.25, 0.3) is 0 Å². The number of hydrogen-bond acceptors (Lipinski definition) is 4. The van der Waals surface area contributed by atoms with E-state index in [-0.39, 0.29) is 11.7 Å². The van der Waals surface area contributed by atoms with Crippen molar-refractivity contribution in [2.24, 2.45) is 0 Å². The summed E-state index contributed by atoms with van der Waals surface area (Å²) in [4.78, 5) is 0. The summed E-state index contributed by atoms with van der Waals surface area (Å²) in [5, 5.41) is 2.55. The number of unbranched alkanes of at least 4 members (excludes halogenated alkanes) is 4. The van der Waals surface area contributed by atoms with Crippen LogP contribution in [0.1, 0.15) is 150 Å². The van der Waals surface area contributed by atoms with Crippen LogP contribution < -0.4 is 10.2 Å². The van der Waals surface area contributed by atoms with E-state index in [1.54, 1.807) is 0 Å². The van der Waals surface area contributed by atoms with Crippen LogP contribution >= 0.6 is 0 Å². The van der Waals surface area contributed by atoms with Crippen molar-refractivity contribution in [3.05, 3.63) is 65.2 Å². The second-order valence-electron chi connectivity index (χ2n) is 17.0. The molecule has 51 heavy (non-hydrogen) atoms. The van der Waals surface area contributed by atoms with E-state index < -0.39 is 18.3 Å². The van der Waals surface area contributed by atoms with Crippen LogP contribution in [0.5, 0.6) is 5.75 Å². The highest BCUT2D eigenvalue weighted by molar-refractivity contribution is 6.63. The number of ether oxygens (including phenoxy) is 2. The molecule has 6 heteroatoms. The molecule has 3 heterocycles. The van der Waals surface area contributed by atoms with Gasteiger partial charge in [-0.3, -0.25) is 0 Å². The Morgan fingerprint density at radius 2 is 1.35 bits per heavy atom. The molecule has 0 aliphatic carbocycles. The van der Waals surface area contributed by atoms with Gasteiger partial charge in [-0.05, 0) is 113 Å². The lowest BCUT2D eigenvalue weighted by atomic mass is 9.72. The quantitative estimate of drug-likeness (QED) is 0.0918. The van der Waals surface area contributed by atoms with Crippen molar-refractivity contribution >= 4 is 34.4 Å². The second kappa shape index (κ2) is 15.7. The van der Waals surface area contributed by atoms with Crippen LogP contribution in [0.15, 0.2) is 48.5 Å². The predicted octanol–water partition coefficient (Wildman–Crippen LogP) is 11.5. The standard InChI is InChI=1S/C45H64BNO4/c1-10-13-17-26-43(4,5)34-30-37(46-50-44(6,7)45(8,9)51-46)42(49-41-21-16-18-27-48-41)40(31-34)47-38-28-32(19-14-11-2)22-24-35(38)36-25-23-33(20-15-12-3)29-39(36)47/h22-25,28-31,41H,10-21,26-27H2,1-9H3. The highest BCUT2D eigenvalue weighted by Gasteiger charge is 2.53. The third-order valence-electron chi connectivity index (χ3n) is 12.0. The van der Waals surface area contributed by atoms with E-state index in [1.165, 1.54) is 83.4 Å². The lowest BCUT2D eigenvalue weighted by Crippen LogP contribution is -2.41. The predicted molar refractivity (Wildman–Crippen MR) is 215 cm³/mol. The highest BCUT2D eigenvalue weighted by Crippen LogP contribution is 2.43. The van der Waals surface area contributed by atoms with Crippen LogP contribution in [-0.2, 0) is 32.3 Å². The van der Waals surface area contributed by atoms with Gasteiger partial charge in [-0.1, -0.05) is 97.1 Å². The zero-order valence-corrected chi connectivity index (χ0v) is 33.3. The molecule has 1 aromatic heterocycles. The molecular weight excluding hydrogens is 629 g/mol. The summed E-state index contributed by atoms with van der Waals surface area (Å²) in [5.41, 5.74) is 7.45. The Labute approximate surface area is 308 Å². The van der Waals surface area contributed by atoms with Crippen LogP contribution in [0, 0.1) is 0 Å². The fraction of sp³-hybridized carbons (Fsp3) is 0.600. The van der Waals surface area contributed by atoms with E-state index in [0.717, 1.165) is 55.4 Å². The van der Waals surface area contributed by atoms with Crippen molar-refractivity contribution in [3.8, 4) is 11.4 Å². The molecule has 0 saturated carbocycles. The fourth-order valence-electron chi connectivity index (χ4n) is 7.80. The Morgan fingerprint density at radius 3 is 1.88 bits per heavy atom. The SMILES string of the molecule is CCCCCC(C)(C)c1cc(B2OC(C)(C)C(C)(C)O2)c(OC2CCCCO2)c(-n2c3cc(CCCC)ccc3c3ccc(CCCC)cc32)c1. The summed E-state index contributed by atoms with van der Waals surface area (Å²) in [6.07, 6.45) is 14.3. The largest absolute Gasteiger partial charge is 0.498 e. The zero-order chi connectivity index (χ0) is 36.4. The summed E-state index contributed by atoms with van der Waals surface area (Å²) < 4.78 is 29.7. The van der Waals surface area contributed by atoms with Gasteiger partial charge in [0.15, 0.2) is 6.29 Å². The van der Waals surface area contributed by atoms with Gasteiger partial charge in [0, 0.05) is 22.7 Å². The van der Waals surface area contributed by atoms with E-state index in [1.807, 2.05) is 0 Å². The van der Waals surface area contributed by atoms with Crippen LogP contribution in [0.25, 0.3) is 27.5 Å². The molecule has 1 unspecified atom stereocenters. The molecule has 3 aromatic carbocycles. The Morgan fingerprint density at radius 1 is 0.765 bits per heavy atom. The van der Waals surface area contributed by atoms with E-state index >= 15 is 0 Å². The molecule has 6 rings (SSSR count). The van der Waals surface area contributed by atoms with Gasteiger partial charge in [-0.2, -0.15) is 0 Å². The van der Waals surface area contributed by atoms with Gasteiger partial charge in [0.05, 0.1) is 34.5 Å². The smallest absolute Gasteiger partial charge is 0.463 e. The average Bonchev–Trinajstić information content (AvgIpc) is 3.54. The Kier molecular flexibility index (Phi) is 11.7. The third kappa shape index (κ3) is 7.94. The topological polar surface area (TPSA) is 41.9 Å². The molecule has 0 N–H and O–H groups in total. The van der Waals surface area contributed by atoms with Gasteiger partial charge >= 0.3 is 7.12 Å². The first kappa shape index (κ1) is 37.9. The average molecular weight is 694 g/mol. The van der Waals surface area contributed by atoms with Gasteiger partial charge in [0.2, 0.25) is 0 Å². The molecule has 4 aromatic rings. The number of aryl methyl sites for hydroxylation is 2. The van der Waals surface area contributed by atoms with Crippen molar-refractivity contribution in [3.63, 3.8) is 0 Å². The van der Waals surface area contributed by atoms with Gasteiger partial charge in [-0.15, -0.1) is 0 Å². The van der Waals surface area contributed by atoms with Crippen LogP contribution in [0.2, 0.25) is 0 Å².